The quantitative estimate of drug-likeness (QED) is 0.382. The van der Waals surface area contributed by atoms with E-state index in [4.69, 9.17) is 4.74 Å². The largest absolute Gasteiger partial charge is 0.376 e. The van der Waals surface area contributed by atoms with Crippen LogP contribution in [0.4, 0.5) is 0 Å². The zero-order valence-electron chi connectivity index (χ0n) is 20.3. The normalized spacial score (nSPS) is 26.7. The average molecular weight is 474 g/mol. The van der Waals surface area contributed by atoms with Gasteiger partial charge in [0.2, 0.25) is 0 Å². The van der Waals surface area contributed by atoms with Crippen molar-refractivity contribution < 1.29 is 9.84 Å². The molecule has 3 heteroatoms. The molecule has 2 bridgehead atoms. The van der Waals surface area contributed by atoms with Crippen LogP contribution in [0.25, 0.3) is 0 Å². The van der Waals surface area contributed by atoms with Gasteiger partial charge in [-0.2, -0.15) is 0 Å². The molecule has 3 fully saturated rings. The molecule has 3 nitrogen and oxygen atoms in total. The number of ether oxygens (including phenoxy) is 1. The zero-order valence-corrected chi connectivity index (χ0v) is 20.3. The molecule has 1 saturated carbocycles. The summed E-state index contributed by atoms with van der Waals surface area (Å²) in [6.45, 7) is 0. The number of hydrogen-bond donors (Lipinski definition) is 1. The summed E-state index contributed by atoms with van der Waals surface area (Å²) in [7, 11) is 0. The zero-order chi connectivity index (χ0) is 24.2. The van der Waals surface area contributed by atoms with Crippen LogP contribution in [0.15, 0.2) is 121 Å². The van der Waals surface area contributed by atoms with E-state index in [-0.39, 0.29) is 6.04 Å². The molecule has 1 N–H and O–H groups in total. The number of aliphatic hydroxyl groups is 1. The Labute approximate surface area is 213 Å². The first-order valence-electron chi connectivity index (χ1n) is 13.1. The molecule has 180 valence electrons. The standard InChI is InChI=1S/C33H31NO2/c35-32(25-13-5-1-6-14-25,26-15-7-2-8-16-26)31-34-29-22-21-24(23-29)30(34)33(36-31,27-17-9-3-10-18-27)28-19-11-4-12-20-28/h1-20,24,29-31,35H,21-23H2/t24-,29+,30?,31+/m0/s1. The lowest BCUT2D eigenvalue weighted by molar-refractivity contribution is -0.153. The fourth-order valence-electron chi connectivity index (χ4n) is 7.36. The van der Waals surface area contributed by atoms with Crippen molar-refractivity contribution in [2.24, 2.45) is 5.92 Å². The molecule has 0 radical (unpaired) electrons. The van der Waals surface area contributed by atoms with Crippen molar-refractivity contribution in [3.63, 3.8) is 0 Å². The highest BCUT2D eigenvalue weighted by atomic mass is 16.6. The molecule has 3 aliphatic rings. The topological polar surface area (TPSA) is 32.7 Å². The van der Waals surface area contributed by atoms with Gasteiger partial charge in [-0.25, -0.2) is 0 Å². The molecule has 4 aromatic carbocycles. The summed E-state index contributed by atoms with van der Waals surface area (Å²) in [6.07, 6.45) is 2.99. The number of hydrogen-bond acceptors (Lipinski definition) is 3. The van der Waals surface area contributed by atoms with Gasteiger partial charge in [0.25, 0.3) is 0 Å². The molecule has 1 unspecified atom stereocenters. The summed E-state index contributed by atoms with van der Waals surface area (Å²) in [5.74, 6) is 0.524. The maximum atomic E-state index is 12.9. The Hall–Kier alpha value is -3.24. The average Bonchev–Trinajstić information content (AvgIpc) is 3.68. The molecular formula is C33H31NO2. The van der Waals surface area contributed by atoms with Crippen LogP contribution in [0.3, 0.4) is 0 Å². The number of nitrogens with zero attached hydrogens (tertiary/aromatic N) is 1. The summed E-state index contributed by atoms with van der Waals surface area (Å²) in [5, 5.41) is 12.9. The molecule has 4 atom stereocenters. The molecule has 0 aromatic heterocycles. The van der Waals surface area contributed by atoms with Crippen molar-refractivity contribution in [1.29, 1.82) is 0 Å². The molecule has 2 aliphatic heterocycles. The Morgan fingerprint density at radius 1 is 0.667 bits per heavy atom. The van der Waals surface area contributed by atoms with Gasteiger partial charge in [-0.1, -0.05) is 121 Å². The summed E-state index contributed by atoms with van der Waals surface area (Å²) >= 11 is 0. The van der Waals surface area contributed by atoms with E-state index in [1.54, 1.807) is 0 Å². The van der Waals surface area contributed by atoms with Crippen LogP contribution in [-0.2, 0) is 15.9 Å². The predicted octanol–water partition coefficient (Wildman–Crippen LogP) is 6.08. The van der Waals surface area contributed by atoms with E-state index >= 15 is 0 Å². The van der Waals surface area contributed by atoms with E-state index in [1.807, 2.05) is 60.7 Å². The maximum absolute atomic E-state index is 12.9. The SMILES string of the molecule is OC(c1ccccc1)(c1ccccc1)[C@H]1OC(c2ccccc2)(c2ccccc2)C2[C@H]3CC[C@H](C3)N21. The van der Waals surface area contributed by atoms with Crippen LogP contribution in [0.1, 0.15) is 41.5 Å². The van der Waals surface area contributed by atoms with Crippen LogP contribution >= 0.6 is 0 Å². The number of piperidine rings is 1. The lowest BCUT2D eigenvalue weighted by Gasteiger charge is -2.41. The van der Waals surface area contributed by atoms with Crippen molar-refractivity contribution in [3.05, 3.63) is 144 Å². The highest BCUT2D eigenvalue weighted by molar-refractivity contribution is 5.45. The molecule has 36 heavy (non-hydrogen) atoms. The maximum Gasteiger partial charge on any atom is 0.154 e. The fraction of sp³-hybridized carbons (Fsp3) is 0.273. The first kappa shape index (κ1) is 22.0. The lowest BCUT2D eigenvalue weighted by atomic mass is 9.75. The first-order valence-corrected chi connectivity index (χ1v) is 13.1. The Balaban J connectivity index is 1.49. The van der Waals surface area contributed by atoms with Gasteiger partial charge in [-0.3, -0.25) is 4.90 Å². The third-order valence-corrected chi connectivity index (χ3v) is 8.81. The Morgan fingerprint density at radius 3 is 1.64 bits per heavy atom. The first-order chi connectivity index (χ1) is 17.7. The minimum atomic E-state index is -1.32. The predicted molar refractivity (Wildman–Crippen MR) is 141 cm³/mol. The monoisotopic (exact) mass is 473 g/mol. The second-order valence-corrected chi connectivity index (χ2v) is 10.6. The van der Waals surface area contributed by atoms with E-state index in [0.29, 0.717) is 12.0 Å². The molecule has 0 amide bonds. The molecular weight excluding hydrogens is 442 g/mol. The van der Waals surface area contributed by atoms with Gasteiger partial charge >= 0.3 is 0 Å². The minimum absolute atomic E-state index is 0.157. The van der Waals surface area contributed by atoms with Crippen molar-refractivity contribution in [2.45, 2.75) is 48.8 Å². The van der Waals surface area contributed by atoms with E-state index < -0.39 is 17.4 Å². The number of benzene rings is 4. The van der Waals surface area contributed by atoms with Crippen LogP contribution in [-0.4, -0.2) is 28.3 Å². The van der Waals surface area contributed by atoms with Crippen molar-refractivity contribution in [3.8, 4) is 0 Å². The molecule has 4 aromatic rings. The number of rotatable bonds is 5. The molecule has 2 saturated heterocycles. The summed E-state index contributed by atoms with van der Waals surface area (Å²) in [6, 6.07) is 42.1. The van der Waals surface area contributed by atoms with Crippen LogP contribution in [0.2, 0.25) is 0 Å². The van der Waals surface area contributed by atoms with Crippen molar-refractivity contribution in [2.75, 3.05) is 0 Å². The molecule has 1 aliphatic carbocycles. The van der Waals surface area contributed by atoms with Gasteiger partial charge in [0.15, 0.2) is 11.8 Å². The highest BCUT2D eigenvalue weighted by Crippen LogP contribution is 2.61. The summed E-state index contributed by atoms with van der Waals surface area (Å²) in [5.41, 5.74) is 2.05. The van der Waals surface area contributed by atoms with Crippen LogP contribution < -0.4 is 0 Å². The Morgan fingerprint density at radius 2 is 1.14 bits per heavy atom. The summed E-state index contributed by atoms with van der Waals surface area (Å²) in [4.78, 5) is 2.55. The van der Waals surface area contributed by atoms with Gasteiger partial charge in [0.1, 0.15) is 5.60 Å². The molecule has 2 heterocycles. The van der Waals surface area contributed by atoms with Gasteiger partial charge in [0, 0.05) is 6.04 Å². The highest BCUT2D eigenvalue weighted by Gasteiger charge is 2.68. The number of fused-ring (bicyclic) bond motifs is 5. The Kier molecular flexibility index (Phi) is 5.14. The smallest absolute Gasteiger partial charge is 0.154 e. The second-order valence-electron chi connectivity index (χ2n) is 10.6. The van der Waals surface area contributed by atoms with E-state index in [9.17, 15) is 5.11 Å². The van der Waals surface area contributed by atoms with E-state index in [0.717, 1.165) is 35.1 Å². The van der Waals surface area contributed by atoms with Gasteiger partial charge in [-0.15, -0.1) is 0 Å². The van der Waals surface area contributed by atoms with Gasteiger partial charge in [-0.05, 0) is 47.4 Å². The van der Waals surface area contributed by atoms with E-state index in [2.05, 4.69) is 65.6 Å². The summed E-state index contributed by atoms with van der Waals surface area (Å²) < 4.78 is 7.42. The van der Waals surface area contributed by atoms with Gasteiger partial charge in [0.05, 0.1) is 6.04 Å². The third-order valence-electron chi connectivity index (χ3n) is 8.81. The van der Waals surface area contributed by atoms with Crippen molar-refractivity contribution >= 4 is 0 Å². The second kappa shape index (κ2) is 8.41. The lowest BCUT2D eigenvalue weighted by Crippen LogP contribution is -2.53. The molecule has 0 spiro atoms. The van der Waals surface area contributed by atoms with Gasteiger partial charge < -0.3 is 9.84 Å². The third kappa shape index (κ3) is 3.03. The Bertz CT molecular complexity index is 1250. The van der Waals surface area contributed by atoms with Crippen LogP contribution in [0.5, 0.6) is 0 Å². The molecule has 7 rings (SSSR count). The fourth-order valence-corrected chi connectivity index (χ4v) is 7.36. The van der Waals surface area contributed by atoms with E-state index in [1.165, 1.54) is 6.42 Å². The van der Waals surface area contributed by atoms with Crippen LogP contribution in [0, 0.1) is 5.92 Å². The van der Waals surface area contributed by atoms with Crippen molar-refractivity contribution in [1.82, 2.24) is 4.90 Å². The minimum Gasteiger partial charge on any atom is -0.376 e.